The van der Waals surface area contributed by atoms with Gasteiger partial charge in [0.05, 0.1) is 35.8 Å². The number of cyclic esters (lactones) is 1. The number of thioether (sulfide) groups is 1. The van der Waals surface area contributed by atoms with Crippen LogP contribution < -0.4 is 0 Å². The van der Waals surface area contributed by atoms with Crippen LogP contribution in [0.2, 0.25) is 0 Å². The second-order valence-corrected chi connectivity index (χ2v) is 12.8. The molecule has 4 aliphatic rings. The van der Waals surface area contributed by atoms with E-state index in [2.05, 4.69) is 6.08 Å². The minimum Gasteiger partial charge on any atom is -0.465 e. The Morgan fingerprint density at radius 1 is 1.21 bits per heavy atom. The first-order valence-electron chi connectivity index (χ1n) is 12.5. The summed E-state index contributed by atoms with van der Waals surface area (Å²) in [6.45, 7) is 10.6. The standard InChI is InChI=1S/C26H38N2O5S/c1-16(2)14-17(15-29)28-21-23(31)27(25(3,4)5)12-9-11-26(21)20(22(28)30)19-18(34-26)10-7-6-8-13-33-24(19)32/h7,9-11,16-21,29H,6,8,12-15H2,1-5H3/b10-7-/t17-,18-,19+,20+,21?,26+/m1/s1. The molecular weight excluding hydrogens is 452 g/mol. The molecule has 2 fully saturated rings. The Labute approximate surface area is 206 Å². The zero-order valence-electron chi connectivity index (χ0n) is 20.9. The first-order chi connectivity index (χ1) is 16.0. The fraction of sp³-hybridized carbons (Fsp3) is 0.731. The van der Waals surface area contributed by atoms with Crippen molar-refractivity contribution in [2.24, 2.45) is 17.8 Å². The van der Waals surface area contributed by atoms with Gasteiger partial charge in [0.25, 0.3) is 0 Å². The summed E-state index contributed by atoms with van der Waals surface area (Å²) in [5.74, 6) is -1.83. The van der Waals surface area contributed by atoms with Gasteiger partial charge in [0.2, 0.25) is 11.8 Å². The van der Waals surface area contributed by atoms with Crippen molar-refractivity contribution in [3.63, 3.8) is 0 Å². The molecule has 0 aromatic carbocycles. The molecule has 34 heavy (non-hydrogen) atoms. The molecule has 0 aromatic rings. The molecule has 4 rings (SSSR count). The number of aliphatic hydroxyl groups is 1. The molecule has 4 aliphatic heterocycles. The number of allylic oxidation sites excluding steroid dienone is 1. The molecule has 0 radical (unpaired) electrons. The Balaban J connectivity index is 1.87. The van der Waals surface area contributed by atoms with E-state index >= 15 is 0 Å². The van der Waals surface area contributed by atoms with Crippen LogP contribution in [0, 0.1) is 17.8 Å². The van der Waals surface area contributed by atoms with E-state index in [4.69, 9.17) is 4.74 Å². The monoisotopic (exact) mass is 490 g/mol. The van der Waals surface area contributed by atoms with E-state index in [0.717, 1.165) is 12.8 Å². The van der Waals surface area contributed by atoms with Crippen LogP contribution in [0.15, 0.2) is 24.3 Å². The van der Waals surface area contributed by atoms with E-state index in [1.165, 1.54) is 0 Å². The van der Waals surface area contributed by atoms with Crippen LogP contribution in [0.25, 0.3) is 0 Å². The lowest BCUT2D eigenvalue weighted by molar-refractivity contribution is -0.154. The highest BCUT2D eigenvalue weighted by atomic mass is 32.2. The van der Waals surface area contributed by atoms with Crippen molar-refractivity contribution in [3.05, 3.63) is 24.3 Å². The topological polar surface area (TPSA) is 87.2 Å². The highest BCUT2D eigenvalue weighted by Gasteiger charge is 2.72. The lowest BCUT2D eigenvalue weighted by Gasteiger charge is -2.42. The first-order valence-corrected chi connectivity index (χ1v) is 13.3. The van der Waals surface area contributed by atoms with E-state index < -0.39 is 34.2 Å². The number of carbonyl (C=O) groups is 3. The number of aliphatic hydroxyl groups excluding tert-OH is 1. The molecule has 2 amide bonds. The zero-order valence-corrected chi connectivity index (χ0v) is 21.7. The van der Waals surface area contributed by atoms with Gasteiger partial charge in [-0.05, 0) is 46.0 Å². The van der Waals surface area contributed by atoms with Crippen molar-refractivity contribution in [3.8, 4) is 0 Å². The smallest absolute Gasteiger partial charge is 0.311 e. The number of nitrogens with zero attached hydrogens (tertiary/aromatic N) is 2. The predicted molar refractivity (Wildman–Crippen MR) is 132 cm³/mol. The summed E-state index contributed by atoms with van der Waals surface area (Å²) in [7, 11) is 0. The number of ether oxygens (including phenoxy) is 1. The normalized spacial score (nSPS) is 35.7. The Bertz CT molecular complexity index is 894. The average Bonchev–Trinajstić information content (AvgIpc) is 3.16. The third-order valence-corrected chi connectivity index (χ3v) is 9.19. The van der Waals surface area contributed by atoms with Crippen molar-refractivity contribution in [1.29, 1.82) is 0 Å². The van der Waals surface area contributed by atoms with Crippen LogP contribution in [0.1, 0.15) is 53.9 Å². The van der Waals surface area contributed by atoms with Crippen LogP contribution in [0.4, 0.5) is 0 Å². The van der Waals surface area contributed by atoms with E-state index in [-0.39, 0.29) is 35.6 Å². The Morgan fingerprint density at radius 3 is 2.59 bits per heavy atom. The summed E-state index contributed by atoms with van der Waals surface area (Å²) in [5, 5.41) is 10.1. The summed E-state index contributed by atoms with van der Waals surface area (Å²) >= 11 is 1.55. The summed E-state index contributed by atoms with van der Waals surface area (Å²) < 4.78 is 4.72. The molecule has 7 nitrogen and oxygen atoms in total. The van der Waals surface area contributed by atoms with Gasteiger partial charge in [-0.15, -0.1) is 11.8 Å². The molecule has 0 saturated carbocycles. The second kappa shape index (κ2) is 9.34. The first kappa shape index (κ1) is 25.3. The SMILES string of the molecule is CC(C)C[C@H](CO)N1C(=O)[C@@H]2[C@H]3C(=O)OCCC/C=C\[C@H]3S[C@@]23C=CCN(C(C)(C)C)C(=O)C13. The molecule has 0 aliphatic carbocycles. The van der Waals surface area contributed by atoms with E-state index in [9.17, 15) is 19.5 Å². The van der Waals surface area contributed by atoms with E-state index in [1.54, 1.807) is 16.7 Å². The third-order valence-electron chi connectivity index (χ3n) is 7.45. The molecule has 0 bridgehead atoms. The highest BCUT2D eigenvalue weighted by Crippen LogP contribution is 2.61. The van der Waals surface area contributed by atoms with Gasteiger partial charge in [0.15, 0.2) is 0 Å². The molecule has 6 atom stereocenters. The van der Waals surface area contributed by atoms with Crippen molar-refractivity contribution < 1.29 is 24.2 Å². The van der Waals surface area contributed by atoms with Gasteiger partial charge in [0, 0.05) is 17.3 Å². The maximum absolute atomic E-state index is 14.2. The third kappa shape index (κ3) is 4.11. The summed E-state index contributed by atoms with van der Waals surface area (Å²) in [4.78, 5) is 45.1. The molecule has 1 unspecified atom stereocenters. The van der Waals surface area contributed by atoms with E-state index in [1.807, 2.05) is 57.7 Å². The number of amides is 2. The largest absolute Gasteiger partial charge is 0.465 e. The maximum atomic E-state index is 14.2. The second-order valence-electron chi connectivity index (χ2n) is 11.3. The molecule has 4 heterocycles. The lowest BCUT2D eigenvalue weighted by atomic mass is 9.78. The molecule has 0 aromatic heterocycles. The fourth-order valence-electron chi connectivity index (χ4n) is 6.01. The summed E-state index contributed by atoms with van der Waals surface area (Å²) in [5.41, 5.74) is -0.436. The van der Waals surface area contributed by atoms with Gasteiger partial charge in [0.1, 0.15) is 6.04 Å². The quantitative estimate of drug-likeness (QED) is 0.482. The summed E-state index contributed by atoms with van der Waals surface area (Å²) in [6.07, 6.45) is 10.2. The number of hydrogen-bond acceptors (Lipinski definition) is 6. The predicted octanol–water partition coefficient (Wildman–Crippen LogP) is 2.78. The van der Waals surface area contributed by atoms with Gasteiger partial charge < -0.3 is 19.6 Å². The number of rotatable bonds is 4. The van der Waals surface area contributed by atoms with Gasteiger partial charge in [-0.2, -0.15) is 0 Å². The van der Waals surface area contributed by atoms with Crippen molar-refractivity contribution in [2.45, 2.75) is 81.5 Å². The van der Waals surface area contributed by atoms with Gasteiger partial charge in [-0.3, -0.25) is 14.4 Å². The minimum atomic E-state index is -0.879. The molecule has 1 spiro atoms. The Morgan fingerprint density at radius 2 is 1.94 bits per heavy atom. The maximum Gasteiger partial charge on any atom is 0.311 e. The Hall–Kier alpha value is -1.80. The number of likely N-dealkylation sites (tertiary alicyclic amines) is 1. The average molecular weight is 491 g/mol. The van der Waals surface area contributed by atoms with Crippen molar-refractivity contribution >= 4 is 29.5 Å². The lowest BCUT2D eigenvalue weighted by Crippen LogP contribution is -2.59. The van der Waals surface area contributed by atoms with Gasteiger partial charge >= 0.3 is 5.97 Å². The number of esters is 1. The van der Waals surface area contributed by atoms with Crippen LogP contribution >= 0.6 is 11.8 Å². The number of fused-ring (bicyclic) bond motifs is 2. The van der Waals surface area contributed by atoms with Crippen LogP contribution in [-0.2, 0) is 19.1 Å². The zero-order chi connectivity index (χ0) is 24.8. The fourth-order valence-corrected chi connectivity index (χ4v) is 8.00. The molecule has 188 valence electrons. The molecule has 8 heteroatoms. The summed E-state index contributed by atoms with van der Waals surface area (Å²) in [6, 6.07) is -1.26. The Kier molecular flexibility index (Phi) is 6.95. The van der Waals surface area contributed by atoms with Crippen molar-refractivity contribution in [1.82, 2.24) is 9.80 Å². The number of hydrogen-bond donors (Lipinski definition) is 1. The van der Waals surface area contributed by atoms with E-state index in [0.29, 0.717) is 19.6 Å². The molecule has 1 N–H and O–H groups in total. The van der Waals surface area contributed by atoms with Gasteiger partial charge in [-0.25, -0.2) is 0 Å². The van der Waals surface area contributed by atoms with Gasteiger partial charge in [-0.1, -0.05) is 38.2 Å². The highest BCUT2D eigenvalue weighted by molar-refractivity contribution is 8.02. The number of carbonyl (C=O) groups excluding carboxylic acids is 3. The molecular formula is C26H38N2O5S. The van der Waals surface area contributed by atoms with Crippen LogP contribution in [0.5, 0.6) is 0 Å². The van der Waals surface area contributed by atoms with Crippen LogP contribution in [-0.4, -0.2) is 80.1 Å². The van der Waals surface area contributed by atoms with Crippen molar-refractivity contribution in [2.75, 3.05) is 19.8 Å². The van der Waals surface area contributed by atoms with Crippen LogP contribution in [0.3, 0.4) is 0 Å². The molecule has 2 saturated heterocycles. The minimum absolute atomic E-state index is 0.119.